The Morgan fingerprint density at radius 2 is 0.806 bits per heavy atom. The second-order valence-corrected chi connectivity index (χ2v) is 17.6. The highest BCUT2D eigenvalue weighted by atomic mass is 16.3. The SMILES string of the molecule is c1ccc(C2(c3ccccc3)c3ccccc3-c3c(N(c4ccc(-c5ccc(-c6cccc7ccccc67)cc5)cc4)c4ccc(-c5ccc6oc7ccccc7c6c5)cc4)cccc32)cc1. The largest absolute Gasteiger partial charge is 0.456 e. The predicted molar refractivity (Wildman–Crippen MR) is 280 cm³/mol. The Morgan fingerprint density at radius 1 is 0.313 bits per heavy atom. The van der Waals surface area contributed by atoms with Gasteiger partial charge in [-0.25, -0.2) is 0 Å². The lowest BCUT2D eigenvalue weighted by Gasteiger charge is -2.34. The lowest BCUT2D eigenvalue weighted by Crippen LogP contribution is -2.28. The van der Waals surface area contributed by atoms with Crippen molar-refractivity contribution in [1.82, 2.24) is 0 Å². The molecule has 1 aliphatic rings. The fourth-order valence-electron chi connectivity index (χ4n) is 10.9. The number of para-hydroxylation sites is 1. The molecule has 0 spiro atoms. The number of fused-ring (bicyclic) bond motifs is 7. The minimum absolute atomic E-state index is 0.516. The zero-order valence-electron chi connectivity index (χ0n) is 36.7. The van der Waals surface area contributed by atoms with Crippen molar-refractivity contribution < 1.29 is 4.42 Å². The summed E-state index contributed by atoms with van der Waals surface area (Å²) in [6, 6.07) is 95.1. The van der Waals surface area contributed by atoms with Gasteiger partial charge >= 0.3 is 0 Å². The summed E-state index contributed by atoms with van der Waals surface area (Å²) in [5, 5.41) is 4.77. The fourth-order valence-corrected chi connectivity index (χ4v) is 10.9. The summed E-state index contributed by atoms with van der Waals surface area (Å²) >= 11 is 0. The monoisotopic (exact) mass is 853 g/mol. The Bertz CT molecular complexity index is 3730. The summed E-state index contributed by atoms with van der Waals surface area (Å²) in [5.41, 5.74) is 19.2. The molecule has 0 bridgehead atoms. The molecule has 1 heterocycles. The molecule has 2 nitrogen and oxygen atoms in total. The number of anilines is 3. The predicted octanol–water partition coefficient (Wildman–Crippen LogP) is 17.6. The van der Waals surface area contributed by atoms with Crippen molar-refractivity contribution in [3.8, 4) is 44.5 Å². The third-order valence-corrected chi connectivity index (χ3v) is 14.0. The van der Waals surface area contributed by atoms with E-state index in [1.807, 2.05) is 12.1 Å². The Morgan fingerprint density at radius 3 is 1.52 bits per heavy atom. The van der Waals surface area contributed by atoms with Gasteiger partial charge in [0.2, 0.25) is 0 Å². The van der Waals surface area contributed by atoms with Crippen LogP contribution in [-0.4, -0.2) is 0 Å². The van der Waals surface area contributed by atoms with Crippen molar-refractivity contribution in [2.75, 3.05) is 4.90 Å². The first kappa shape index (κ1) is 38.7. The van der Waals surface area contributed by atoms with Crippen molar-refractivity contribution >= 4 is 49.8 Å². The van der Waals surface area contributed by atoms with E-state index in [0.29, 0.717) is 0 Å². The van der Waals surface area contributed by atoms with Crippen LogP contribution in [0.1, 0.15) is 22.3 Å². The van der Waals surface area contributed by atoms with Crippen molar-refractivity contribution in [2.45, 2.75) is 5.41 Å². The van der Waals surface area contributed by atoms with Crippen LogP contribution in [0.3, 0.4) is 0 Å². The van der Waals surface area contributed by atoms with Crippen molar-refractivity contribution in [3.05, 3.63) is 283 Å². The van der Waals surface area contributed by atoms with E-state index >= 15 is 0 Å². The zero-order valence-corrected chi connectivity index (χ0v) is 36.7. The minimum atomic E-state index is -0.516. The van der Waals surface area contributed by atoms with Gasteiger partial charge in [-0.2, -0.15) is 0 Å². The molecule has 0 saturated carbocycles. The lowest BCUT2D eigenvalue weighted by molar-refractivity contribution is 0.669. The molecule has 0 amide bonds. The molecule has 67 heavy (non-hydrogen) atoms. The second kappa shape index (κ2) is 15.8. The summed E-state index contributed by atoms with van der Waals surface area (Å²) in [6.45, 7) is 0. The first-order valence-electron chi connectivity index (χ1n) is 23.1. The van der Waals surface area contributed by atoms with E-state index < -0.39 is 5.41 Å². The molecule has 0 atom stereocenters. The molecule has 0 aliphatic heterocycles. The molecule has 1 aliphatic carbocycles. The van der Waals surface area contributed by atoms with Crippen LogP contribution in [0.25, 0.3) is 77.2 Å². The summed E-state index contributed by atoms with van der Waals surface area (Å²) < 4.78 is 6.19. The highest BCUT2D eigenvalue weighted by molar-refractivity contribution is 6.06. The fraction of sp³-hybridized carbons (Fsp3) is 0.0154. The van der Waals surface area contributed by atoms with Gasteiger partial charge in [0.05, 0.1) is 11.1 Å². The lowest BCUT2D eigenvalue weighted by atomic mass is 9.68. The molecule has 1 aromatic heterocycles. The molecular weight excluding hydrogens is 811 g/mol. The Labute approximate surface area is 390 Å². The first-order valence-corrected chi connectivity index (χ1v) is 23.1. The second-order valence-electron chi connectivity index (χ2n) is 17.6. The quantitative estimate of drug-likeness (QED) is 0.151. The number of hydrogen-bond acceptors (Lipinski definition) is 2. The van der Waals surface area contributed by atoms with Crippen LogP contribution in [-0.2, 0) is 5.41 Å². The van der Waals surface area contributed by atoms with Crippen LogP contribution < -0.4 is 4.90 Å². The van der Waals surface area contributed by atoms with Crippen molar-refractivity contribution in [1.29, 1.82) is 0 Å². The van der Waals surface area contributed by atoms with Gasteiger partial charge in [-0.1, -0.05) is 212 Å². The molecular formula is C65H43NO. The molecule has 0 N–H and O–H groups in total. The number of rotatable bonds is 8. The van der Waals surface area contributed by atoms with Gasteiger partial charge in [0.25, 0.3) is 0 Å². The molecule has 0 saturated heterocycles. The van der Waals surface area contributed by atoms with E-state index in [0.717, 1.165) is 50.1 Å². The van der Waals surface area contributed by atoms with Gasteiger partial charge in [-0.15, -0.1) is 0 Å². The van der Waals surface area contributed by atoms with Crippen LogP contribution in [0.15, 0.2) is 265 Å². The highest BCUT2D eigenvalue weighted by Gasteiger charge is 2.47. The summed E-state index contributed by atoms with van der Waals surface area (Å²) in [5.74, 6) is 0. The third kappa shape index (κ3) is 6.26. The van der Waals surface area contributed by atoms with E-state index in [1.165, 1.54) is 66.4 Å². The van der Waals surface area contributed by atoms with E-state index in [1.54, 1.807) is 0 Å². The molecule has 12 aromatic rings. The van der Waals surface area contributed by atoms with Gasteiger partial charge in [0.15, 0.2) is 0 Å². The van der Waals surface area contributed by atoms with Crippen molar-refractivity contribution in [3.63, 3.8) is 0 Å². The first-order chi connectivity index (χ1) is 33.2. The Kier molecular flexibility index (Phi) is 9.11. The summed E-state index contributed by atoms with van der Waals surface area (Å²) in [4.78, 5) is 2.45. The van der Waals surface area contributed by atoms with Gasteiger partial charge in [-0.3, -0.25) is 0 Å². The van der Waals surface area contributed by atoms with E-state index in [4.69, 9.17) is 4.42 Å². The molecule has 0 radical (unpaired) electrons. The van der Waals surface area contributed by atoms with Crippen LogP contribution in [0.5, 0.6) is 0 Å². The topological polar surface area (TPSA) is 16.4 Å². The van der Waals surface area contributed by atoms with Crippen LogP contribution in [0.2, 0.25) is 0 Å². The maximum Gasteiger partial charge on any atom is 0.135 e. The van der Waals surface area contributed by atoms with Gasteiger partial charge < -0.3 is 9.32 Å². The summed E-state index contributed by atoms with van der Waals surface area (Å²) in [6.07, 6.45) is 0. The molecule has 2 heteroatoms. The highest BCUT2D eigenvalue weighted by Crippen LogP contribution is 2.59. The maximum atomic E-state index is 6.19. The maximum absolute atomic E-state index is 6.19. The van der Waals surface area contributed by atoms with Gasteiger partial charge in [0.1, 0.15) is 11.2 Å². The minimum Gasteiger partial charge on any atom is -0.456 e. The number of nitrogens with zero attached hydrogens (tertiary/aromatic N) is 1. The van der Waals surface area contributed by atoms with E-state index in [-0.39, 0.29) is 0 Å². The number of benzene rings is 11. The Hall–Kier alpha value is -8.72. The van der Waals surface area contributed by atoms with Crippen LogP contribution in [0.4, 0.5) is 17.1 Å². The van der Waals surface area contributed by atoms with Crippen molar-refractivity contribution in [2.24, 2.45) is 0 Å². The molecule has 0 fully saturated rings. The molecule has 11 aromatic carbocycles. The van der Waals surface area contributed by atoms with Crippen LogP contribution in [0, 0.1) is 0 Å². The van der Waals surface area contributed by atoms with E-state index in [9.17, 15) is 0 Å². The number of furan rings is 1. The average molecular weight is 854 g/mol. The smallest absolute Gasteiger partial charge is 0.135 e. The molecule has 13 rings (SSSR count). The molecule has 314 valence electrons. The average Bonchev–Trinajstić information content (AvgIpc) is 3.93. The standard InChI is InChI=1S/C65H43NO/c1-3-17-50(18-4-1)65(51-19-5-2-6-20-51)59-25-11-9-23-57(59)64-60(65)26-14-27-61(64)66(53-40-35-46(36-41-53)49-37-42-63-58(43-49)56-22-10-12-28-62(56)67-63)52-38-33-45(34-39-52)44-29-31-48(32-30-44)55-24-13-16-47-15-7-8-21-54(47)55/h1-43H. The third-order valence-electron chi connectivity index (χ3n) is 14.0. The van der Waals surface area contributed by atoms with Gasteiger partial charge in [0, 0.05) is 27.7 Å². The normalized spacial score (nSPS) is 12.6. The summed E-state index contributed by atoms with van der Waals surface area (Å²) in [7, 11) is 0. The Balaban J connectivity index is 0.957. The zero-order chi connectivity index (χ0) is 44.3. The number of hydrogen-bond donors (Lipinski definition) is 0. The van der Waals surface area contributed by atoms with Crippen LogP contribution >= 0.6 is 0 Å². The molecule has 0 unspecified atom stereocenters. The van der Waals surface area contributed by atoms with Gasteiger partial charge in [-0.05, 0) is 121 Å². The van der Waals surface area contributed by atoms with E-state index in [2.05, 4.69) is 254 Å².